The molecule has 1 aromatic rings. The minimum absolute atomic E-state index is 0.287. The van der Waals surface area contributed by atoms with Crippen LogP contribution in [0.4, 0.5) is 0 Å². The molecule has 1 aromatic carbocycles. The molecule has 15 heavy (non-hydrogen) atoms. The number of hydrogen-bond donors (Lipinski definition) is 1. The van der Waals surface area contributed by atoms with Gasteiger partial charge in [0.1, 0.15) is 0 Å². The standard InChI is InChI=1S/C11H9Cl2NO/c1-3-7(2)14-11(15)8-4-9(12)6-10(13)5-8/h1,4-7H,2H3,(H,14,15). The maximum absolute atomic E-state index is 11.6. The summed E-state index contributed by atoms with van der Waals surface area (Å²) in [5.74, 6) is 2.11. The lowest BCUT2D eigenvalue weighted by atomic mass is 10.2. The van der Waals surface area contributed by atoms with E-state index in [-0.39, 0.29) is 11.9 Å². The van der Waals surface area contributed by atoms with E-state index < -0.39 is 0 Å². The third kappa shape index (κ3) is 3.47. The summed E-state index contributed by atoms with van der Waals surface area (Å²) in [4.78, 5) is 11.6. The normalized spacial score (nSPS) is 11.6. The Balaban J connectivity index is 2.88. The quantitative estimate of drug-likeness (QED) is 0.794. The molecule has 78 valence electrons. The fraction of sp³-hybridized carbons (Fsp3) is 0.182. The van der Waals surface area contributed by atoms with Crippen LogP contribution in [0.15, 0.2) is 18.2 Å². The molecule has 1 unspecified atom stereocenters. The van der Waals surface area contributed by atoms with Gasteiger partial charge in [0.25, 0.3) is 5.91 Å². The number of amides is 1. The van der Waals surface area contributed by atoms with Crippen LogP contribution >= 0.6 is 23.2 Å². The number of hydrogen-bond acceptors (Lipinski definition) is 1. The third-order valence-electron chi connectivity index (χ3n) is 1.72. The topological polar surface area (TPSA) is 29.1 Å². The SMILES string of the molecule is C#CC(C)NC(=O)c1cc(Cl)cc(Cl)c1. The van der Waals surface area contributed by atoms with Gasteiger partial charge in [0.15, 0.2) is 0 Å². The van der Waals surface area contributed by atoms with Gasteiger partial charge in [0.05, 0.1) is 6.04 Å². The number of rotatable bonds is 2. The van der Waals surface area contributed by atoms with Gasteiger partial charge in [-0.1, -0.05) is 29.1 Å². The van der Waals surface area contributed by atoms with Gasteiger partial charge < -0.3 is 5.32 Å². The van der Waals surface area contributed by atoms with Crippen LogP contribution in [-0.2, 0) is 0 Å². The molecule has 1 rings (SSSR count). The second-order valence-corrected chi connectivity index (χ2v) is 3.89. The zero-order valence-electron chi connectivity index (χ0n) is 8.05. The summed E-state index contributed by atoms with van der Waals surface area (Å²) in [6, 6.07) is 4.30. The van der Waals surface area contributed by atoms with E-state index in [2.05, 4.69) is 11.2 Å². The van der Waals surface area contributed by atoms with Crippen LogP contribution in [0.1, 0.15) is 17.3 Å². The van der Waals surface area contributed by atoms with E-state index in [9.17, 15) is 4.79 Å². The molecule has 0 heterocycles. The zero-order valence-corrected chi connectivity index (χ0v) is 9.56. The van der Waals surface area contributed by atoms with Gasteiger partial charge in [0, 0.05) is 15.6 Å². The van der Waals surface area contributed by atoms with Gasteiger partial charge >= 0.3 is 0 Å². The van der Waals surface area contributed by atoms with Gasteiger partial charge in [0.2, 0.25) is 0 Å². The number of terminal acetylenes is 1. The maximum Gasteiger partial charge on any atom is 0.252 e. The first-order valence-corrected chi connectivity index (χ1v) is 5.01. The van der Waals surface area contributed by atoms with E-state index in [0.29, 0.717) is 15.6 Å². The second-order valence-electron chi connectivity index (χ2n) is 3.02. The number of nitrogens with one attached hydrogen (secondary N) is 1. The lowest BCUT2D eigenvalue weighted by Crippen LogP contribution is -2.31. The van der Waals surface area contributed by atoms with Crippen molar-refractivity contribution in [3.05, 3.63) is 33.8 Å². The maximum atomic E-state index is 11.6. The molecular formula is C11H9Cl2NO. The van der Waals surface area contributed by atoms with Crippen molar-refractivity contribution in [1.82, 2.24) is 5.32 Å². The van der Waals surface area contributed by atoms with Crippen molar-refractivity contribution in [3.8, 4) is 12.3 Å². The van der Waals surface area contributed by atoms with Crippen molar-refractivity contribution in [2.24, 2.45) is 0 Å². The highest BCUT2D eigenvalue weighted by atomic mass is 35.5. The smallest absolute Gasteiger partial charge is 0.252 e. The summed E-state index contributed by atoms with van der Waals surface area (Å²) in [5, 5.41) is 3.44. The molecule has 0 spiro atoms. The molecule has 0 bridgehead atoms. The third-order valence-corrected chi connectivity index (χ3v) is 2.16. The minimum Gasteiger partial charge on any atom is -0.339 e. The molecule has 0 fully saturated rings. The number of carbonyl (C=O) groups excluding carboxylic acids is 1. The van der Waals surface area contributed by atoms with Crippen LogP contribution in [0, 0.1) is 12.3 Å². The molecule has 1 atom stereocenters. The fourth-order valence-corrected chi connectivity index (χ4v) is 1.53. The monoisotopic (exact) mass is 241 g/mol. The van der Waals surface area contributed by atoms with Gasteiger partial charge in [-0.25, -0.2) is 0 Å². The number of halogens is 2. The predicted molar refractivity (Wildman–Crippen MR) is 62.2 cm³/mol. The summed E-state index contributed by atoms with van der Waals surface area (Å²) in [5.41, 5.74) is 0.398. The van der Waals surface area contributed by atoms with Crippen molar-refractivity contribution < 1.29 is 4.79 Å². The van der Waals surface area contributed by atoms with E-state index >= 15 is 0 Å². The van der Waals surface area contributed by atoms with Crippen LogP contribution < -0.4 is 5.32 Å². The molecule has 0 saturated heterocycles. The highest BCUT2D eigenvalue weighted by Gasteiger charge is 2.09. The van der Waals surface area contributed by atoms with E-state index in [1.54, 1.807) is 13.0 Å². The molecule has 0 aromatic heterocycles. The Morgan fingerprint density at radius 3 is 2.40 bits per heavy atom. The molecule has 0 aliphatic rings. The molecule has 0 aliphatic carbocycles. The Kier molecular flexibility index (Phi) is 4.02. The van der Waals surface area contributed by atoms with Crippen molar-refractivity contribution >= 4 is 29.1 Å². The molecule has 0 saturated carbocycles. The Morgan fingerprint density at radius 1 is 1.40 bits per heavy atom. The van der Waals surface area contributed by atoms with Crippen molar-refractivity contribution in [1.29, 1.82) is 0 Å². The van der Waals surface area contributed by atoms with E-state index in [4.69, 9.17) is 29.6 Å². The van der Waals surface area contributed by atoms with Crippen LogP contribution in [-0.4, -0.2) is 11.9 Å². The zero-order chi connectivity index (χ0) is 11.4. The van der Waals surface area contributed by atoms with Crippen molar-refractivity contribution in [3.63, 3.8) is 0 Å². The first-order chi connectivity index (χ1) is 7.02. The molecule has 0 aliphatic heterocycles. The first-order valence-electron chi connectivity index (χ1n) is 4.26. The highest BCUT2D eigenvalue weighted by Crippen LogP contribution is 2.18. The van der Waals surface area contributed by atoms with E-state index in [1.165, 1.54) is 12.1 Å². The number of benzene rings is 1. The number of carbonyl (C=O) groups is 1. The lowest BCUT2D eigenvalue weighted by Gasteiger charge is -2.08. The van der Waals surface area contributed by atoms with Crippen LogP contribution in [0.2, 0.25) is 10.0 Å². The molecular weight excluding hydrogens is 233 g/mol. The first kappa shape index (κ1) is 11.9. The summed E-state index contributed by atoms with van der Waals surface area (Å²) in [6.07, 6.45) is 5.14. The highest BCUT2D eigenvalue weighted by molar-refractivity contribution is 6.35. The van der Waals surface area contributed by atoms with Crippen molar-refractivity contribution in [2.45, 2.75) is 13.0 Å². The minimum atomic E-state index is -0.324. The van der Waals surface area contributed by atoms with E-state index in [1.807, 2.05) is 0 Å². The summed E-state index contributed by atoms with van der Waals surface area (Å²) in [7, 11) is 0. The molecule has 0 radical (unpaired) electrons. The summed E-state index contributed by atoms with van der Waals surface area (Å²) >= 11 is 11.5. The average molecular weight is 242 g/mol. The fourth-order valence-electron chi connectivity index (χ4n) is 1.01. The second kappa shape index (κ2) is 5.06. The molecule has 4 heteroatoms. The van der Waals surface area contributed by atoms with Crippen LogP contribution in [0.25, 0.3) is 0 Å². The Morgan fingerprint density at radius 2 is 1.93 bits per heavy atom. The van der Waals surface area contributed by atoms with Crippen LogP contribution in [0.3, 0.4) is 0 Å². The van der Waals surface area contributed by atoms with Crippen LogP contribution in [0.5, 0.6) is 0 Å². The molecule has 1 N–H and O–H groups in total. The molecule has 1 amide bonds. The largest absolute Gasteiger partial charge is 0.339 e. The van der Waals surface area contributed by atoms with E-state index in [0.717, 1.165) is 0 Å². The lowest BCUT2D eigenvalue weighted by molar-refractivity contribution is 0.0948. The molecule has 2 nitrogen and oxygen atoms in total. The summed E-state index contributed by atoms with van der Waals surface area (Å²) < 4.78 is 0. The Bertz CT molecular complexity index is 403. The Hall–Kier alpha value is -1.17. The van der Waals surface area contributed by atoms with Crippen molar-refractivity contribution in [2.75, 3.05) is 0 Å². The average Bonchev–Trinajstić information content (AvgIpc) is 2.16. The van der Waals surface area contributed by atoms with Gasteiger partial charge in [-0.05, 0) is 25.1 Å². The predicted octanol–water partition coefficient (Wildman–Crippen LogP) is 2.74. The summed E-state index contributed by atoms with van der Waals surface area (Å²) in [6.45, 7) is 1.71. The Labute approximate surface area is 98.6 Å². The van der Waals surface area contributed by atoms with Gasteiger partial charge in [-0.3, -0.25) is 4.79 Å². The van der Waals surface area contributed by atoms with Gasteiger partial charge in [-0.2, -0.15) is 0 Å². The van der Waals surface area contributed by atoms with Gasteiger partial charge in [-0.15, -0.1) is 6.42 Å².